The molecular weight excluding hydrogens is 297 g/mol. The van der Waals surface area contributed by atoms with Crippen LogP contribution in [0, 0.1) is 5.92 Å². The van der Waals surface area contributed by atoms with Gasteiger partial charge in [-0.05, 0) is 38.1 Å². The average Bonchev–Trinajstić information content (AvgIpc) is 2.89. The van der Waals surface area contributed by atoms with E-state index in [1.165, 1.54) is 0 Å². The minimum Gasteiger partial charge on any atom is -0.306 e. The fourth-order valence-electron chi connectivity index (χ4n) is 3.01. The second-order valence-corrected chi connectivity index (χ2v) is 7.02. The molecule has 21 heavy (non-hydrogen) atoms. The van der Waals surface area contributed by atoms with Gasteiger partial charge in [0, 0.05) is 5.38 Å². The average molecular weight is 320 g/mol. The van der Waals surface area contributed by atoms with E-state index in [0.717, 1.165) is 17.2 Å². The molecule has 0 aliphatic heterocycles. The Balaban J connectivity index is 2.19. The molecular formula is C15H23F3N2S. The van der Waals surface area contributed by atoms with Gasteiger partial charge in [-0.2, -0.15) is 13.2 Å². The van der Waals surface area contributed by atoms with Crippen molar-refractivity contribution in [3.05, 3.63) is 16.1 Å². The minimum absolute atomic E-state index is 0.188. The summed E-state index contributed by atoms with van der Waals surface area (Å²) >= 11 is 1.58. The van der Waals surface area contributed by atoms with Crippen molar-refractivity contribution in [3.8, 4) is 0 Å². The number of hydrogen-bond donors (Lipinski definition) is 1. The van der Waals surface area contributed by atoms with Crippen molar-refractivity contribution in [1.82, 2.24) is 10.3 Å². The SMILES string of the molecule is CCNC1(c2nc(C(C)C)cs2)CCC(C(F)(F)F)CC1. The number of nitrogens with zero attached hydrogens (tertiary/aromatic N) is 1. The Bertz CT molecular complexity index is 460. The van der Waals surface area contributed by atoms with Crippen LogP contribution in [0.5, 0.6) is 0 Å². The van der Waals surface area contributed by atoms with Crippen molar-refractivity contribution in [2.24, 2.45) is 5.92 Å². The first-order chi connectivity index (χ1) is 9.78. The van der Waals surface area contributed by atoms with Crippen molar-refractivity contribution in [2.45, 2.75) is 64.1 Å². The lowest BCUT2D eigenvalue weighted by Gasteiger charge is -2.40. The first kappa shape index (κ1) is 16.7. The summed E-state index contributed by atoms with van der Waals surface area (Å²) in [5.74, 6) is -0.811. The molecule has 0 aromatic carbocycles. The molecule has 0 atom stereocenters. The third-order valence-corrected chi connectivity index (χ3v) is 5.40. The Kier molecular flexibility index (Phi) is 4.98. The highest BCUT2D eigenvalue weighted by atomic mass is 32.1. The van der Waals surface area contributed by atoms with Crippen molar-refractivity contribution in [1.29, 1.82) is 0 Å². The van der Waals surface area contributed by atoms with E-state index in [1.807, 2.05) is 12.3 Å². The van der Waals surface area contributed by atoms with Gasteiger partial charge in [0.1, 0.15) is 5.01 Å². The van der Waals surface area contributed by atoms with Crippen molar-refractivity contribution in [2.75, 3.05) is 6.54 Å². The zero-order valence-electron chi connectivity index (χ0n) is 12.8. The summed E-state index contributed by atoms with van der Waals surface area (Å²) in [5.41, 5.74) is 0.666. The summed E-state index contributed by atoms with van der Waals surface area (Å²) in [6.45, 7) is 6.90. The minimum atomic E-state index is -4.07. The molecule has 1 saturated carbocycles. The molecule has 1 aliphatic carbocycles. The maximum absolute atomic E-state index is 12.9. The molecule has 120 valence electrons. The van der Waals surface area contributed by atoms with Crippen LogP contribution in [0.3, 0.4) is 0 Å². The molecule has 0 radical (unpaired) electrons. The Labute approximate surface area is 128 Å². The summed E-state index contributed by atoms with van der Waals surface area (Å²) in [6, 6.07) is 0. The van der Waals surface area contributed by atoms with E-state index in [9.17, 15) is 13.2 Å². The number of hydrogen-bond acceptors (Lipinski definition) is 3. The molecule has 1 aromatic heterocycles. The molecule has 0 bridgehead atoms. The van der Waals surface area contributed by atoms with Gasteiger partial charge in [0.15, 0.2) is 0 Å². The predicted octanol–water partition coefficient (Wildman–Crippen LogP) is 4.82. The highest BCUT2D eigenvalue weighted by Gasteiger charge is 2.47. The summed E-state index contributed by atoms with van der Waals surface area (Å²) < 4.78 is 38.6. The van der Waals surface area contributed by atoms with Gasteiger partial charge < -0.3 is 5.32 Å². The van der Waals surface area contributed by atoms with E-state index in [4.69, 9.17) is 0 Å². The van der Waals surface area contributed by atoms with Crippen LogP contribution >= 0.6 is 11.3 Å². The van der Waals surface area contributed by atoms with Crippen molar-refractivity contribution >= 4 is 11.3 Å². The second kappa shape index (κ2) is 6.24. The van der Waals surface area contributed by atoms with Gasteiger partial charge in [-0.25, -0.2) is 4.98 Å². The van der Waals surface area contributed by atoms with Crippen LogP contribution < -0.4 is 5.32 Å². The number of thiazole rings is 1. The molecule has 1 aromatic rings. The first-order valence-electron chi connectivity index (χ1n) is 7.56. The Morgan fingerprint density at radius 3 is 2.43 bits per heavy atom. The molecule has 1 fully saturated rings. The summed E-state index contributed by atoms with van der Waals surface area (Å²) in [5, 5.41) is 6.41. The molecule has 2 nitrogen and oxygen atoms in total. The van der Waals surface area contributed by atoms with Gasteiger partial charge in [-0.1, -0.05) is 20.8 Å². The van der Waals surface area contributed by atoms with Gasteiger partial charge in [0.25, 0.3) is 0 Å². The smallest absolute Gasteiger partial charge is 0.306 e. The molecule has 0 unspecified atom stereocenters. The normalized spacial score (nSPS) is 27.3. The second-order valence-electron chi connectivity index (χ2n) is 6.16. The maximum Gasteiger partial charge on any atom is 0.391 e. The summed E-state index contributed by atoms with van der Waals surface area (Å²) in [6.07, 6.45) is -2.67. The number of rotatable bonds is 4. The topological polar surface area (TPSA) is 24.9 Å². The first-order valence-corrected chi connectivity index (χ1v) is 8.44. The number of nitrogens with one attached hydrogen (secondary N) is 1. The maximum atomic E-state index is 12.9. The van der Waals surface area contributed by atoms with Gasteiger partial charge in [0.05, 0.1) is 17.2 Å². The van der Waals surface area contributed by atoms with E-state index in [2.05, 4.69) is 24.1 Å². The summed E-state index contributed by atoms with van der Waals surface area (Å²) in [7, 11) is 0. The lowest BCUT2D eigenvalue weighted by atomic mass is 9.76. The van der Waals surface area contributed by atoms with Crippen LogP contribution in [0.2, 0.25) is 0 Å². The number of halogens is 3. The molecule has 1 aliphatic rings. The Morgan fingerprint density at radius 1 is 1.38 bits per heavy atom. The van der Waals surface area contributed by atoms with Gasteiger partial charge in [0.2, 0.25) is 0 Å². The fourth-order valence-corrected chi connectivity index (χ4v) is 4.23. The van der Waals surface area contributed by atoms with E-state index in [1.54, 1.807) is 11.3 Å². The molecule has 0 spiro atoms. The van der Waals surface area contributed by atoms with Gasteiger partial charge in [-0.15, -0.1) is 11.3 Å². The molecule has 2 rings (SSSR count). The molecule has 1 N–H and O–H groups in total. The van der Waals surface area contributed by atoms with Crippen LogP contribution in [-0.4, -0.2) is 17.7 Å². The van der Waals surface area contributed by atoms with Crippen LogP contribution in [-0.2, 0) is 5.54 Å². The van der Waals surface area contributed by atoms with Crippen LogP contribution in [0.25, 0.3) is 0 Å². The summed E-state index contributed by atoms with van der Waals surface area (Å²) in [4.78, 5) is 4.69. The monoisotopic (exact) mass is 320 g/mol. The zero-order valence-corrected chi connectivity index (χ0v) is 13.6. The van der Waals surface area contributed by atoms with Crippen LogP contribution in [0.4, 0.5) is 13.2 Å². The van der Waals surface area contributed by atoms with E-state index in [-0.39, 0.29) is 18.4 Å². The zero-order chi connectivity index (χ0) is 15.7. The Morgan fingerprint density at radius 2 is 2.00 bits per heavy atom. The van der Waals surface area contributed by atoms with E-state index < -0.39 is 12.1 Å². The highest BCUT2D eigenvalue weighted by molar-refractivity contribution is 7.09. The van der Waals surface area contributed by atoms with Gasteiger partial charge >= 0.3 is 6.18 Å². The van der Waals surface area contributed by atoms with Gasteiger partial charge in [-0.3, -0.25) is 0 Å². The lowest BCUT2D eigenvalue weighted by Crippen LogP contribution is -2.46. The fraction of sp³-hybridized carbons (Fsp3) is 0.800. The standard InChI is InChI=1S/C15H23F3N2S/c1-4-19-14(13-20-12(9-21-13)10(2)3)7-5-11(6-8-14)15(16,17)18/h9-11,19H,4-8H2,1-3H3. The van der Waals surface area contributed by atoms with Crippen LogP contribution in [0.1, 0.15) is 63.1 Å². The van der Waals surface area contributed by atoms with Crippen molar-refractivity contribution < 1.29 is 13.2 Å². The van der Waals surface area contributed by atoms with Crippen molar-refractivity contribution in [3.63, 3.8) is 0 Å². The molecule has 6 heteroatoms. The van der Waals surface area contributed by atoms with E-state index >= 15 is 0 Å². The van der Waals surface area contributed by atoms with Crippen LogP contribution in [0.15, 0.2) is 5.38 Å². The molecule has 1 heterocycles. The highest BCUT2D eigenvalue weighted by Crippen LogP contribution is 2.46. The third-order valence-electron chi connectivity index (χ3n) is 4.34. The number of alkyl halides is 3. The van der Waals surface area contributed by atoms with E-state index in [0.29, 0.717) is 18.8 Å². The quantitative estimate of drug-likeness (QED) is 0.860. The molecule has 0 saturated heterocycles. The lowest BCUT2D eigenvalue weighted by molar-refractivity contribution is -0.185. The largest absolute Gasteiger partial charge is 0.391 e. The third kappa shape index (κ3) is 3.59. The Hall–Kier alpha value is -0.620. The molecule has 0 amide bonds. The predicted molar refractivity (Wildman–Crippen MR) is 79.6 cm³/mol. The number of aromatic nitrogens is 1.